The highest BCUT2D eigenvalue weighted by Crippen LogP contribution is 2.19. The Morgan fingerprint density at radius 2 is 1.82 bits per heavy atom. The van der Waals surface area contributed by atoms with E-state index in [2.05, 4.69) is 12.2 Å². The molecule has 0 bridgehead atoms. The van der Waals surface area contributed by atoms with E-state index in [1.807, 2.05) is 51.1 Å². The highest BCUT2D eigenvalue weighted by Gasteiger charge is 2.22. The number of amides is 1. The molecule has 0 heterocycles. The van der Waals surface area contributed by atoms with E-state index in [1.165, 1.54) is 0 Å². The normalized spacial score (nSPS) is 12.5. The first-order chi connectivity index (χ1) is 10.3. The maximum absolute atomic E-state index is 12.1. The lowest BCUT2D eigenvalue weighted by atomic mass is 9.99. The van der Waals surface area contributed by atoms with Crippen molar-refractivity contribution in [3.8, 4) is 0 Å². The Morgan fingerprint density at radius 1 is 1.18 bits per heavy atom. The average molecular weight is 305 g/mol. The molecule has 0 fully saturated rings. The lowest BCUT2D eigenvalue weighted by Gasteiger charge is -2.23. The van der Waals surface area contributed by atoms with Crippen molar-refractivity contribution in [3.63, 3.8) is 0 Å². The van der Waals surface area contributed by atoms with Gasteiger partial charge in [0.15, 0.2) is 0 Å². The van der Waals surface area contributed by atoms with Crippen molar-refractivity contribution in [1.82, 2.24) is 5.32 Å². The number of carbonyl (C=O) groups excluding carboxylic acids is 2. The predicted octanol–water partition coefficient (Wildman–Crippen LogP) is 4.40. The summed E-state index contributed by atoms with van der Waals surface area (Å²) in [4.78, 5) is 24.1. The van der Waals surface area contributed by atoms with E-state index in [4.69, 9.17) is 4.74 Å². The van der Waals surface area contributed by atoms with Gasteiger partial charge in [-0.1, -0.05) is 43.7 Å². The Bertz CT molecular complexity index is 477. The van der Waals surface area contributed by atoms with Gasteiger partial charge >= 0.3 is 6.09 Å². The molecule has 0 spiro atoms. The number of rotatable bonds is 7. The van der Waals surface area contributed by atoms with E-state index in [1.54, 1.807) is 0 Å². The Kier molecular flexibility index (Phi) is 7.09. The van der Waals surface area contributed by atoms with Gasteiger partial charge in [-0.3, -0.25) is 4.79 Å². The highest BCUT2D eigenvalue weighted by molar-refractivity contribution is 5.80. The molecular weight excluding hydrogens is 278 g/mol. The molecular formula is C18H27NO3. The summed E-state index contributed by atoms with van der Waals surface area (Å²) in [6.45, 7) is 7.50. The minimum absolute atomic E-state index is 0.159. The molecule has 1 aromatic rings. The number of hydrogen-bond donors (Lipinski definition) is 1. The van der Waals surface area contributed by atoms with Gasteiger partial charge in [-0.05, 0) is 32.8 Å². The monoisotopic (exact) mass is 305 g/mol. The molecule has 1 aromatic carbocycles. The zero-order chi connectivity index (χ0) is 16.6. The largest absolute Gasteiger partial charge is 0.444 e. The number of Topliss-reactive ketones (excluding diaryl/α,β-unsaturated/α-hetero) is 1. The maximum Gasteiger partial charge on any atom is 0.408 e. The summed E-state index contributed by atoms with van der Waals surface area (Å²) in [5.74, 6) is 0.159. The van der Waals surface area contributed by atoms with E-state index >= 15 is 0 Å². The lowest BCUT2D eigenvalue weighted by molar-refractivity contribution is -0.119. The number of alkyl carbamates (subject to hydrolysis) is 1. The Hall–Kier alpha value is -1.84. The first kappa shape index (κ1) is 18.2. The number of nitrogens with one attached hydrogen (secondary N) is 1. The van der Waals surface area contributed by atoms with Crippen LogP contribution >= 0.6 is 0 Å². The number of ether oxygens (including phenoxy) is 1. The summed E-state index contributed by atoms with van der Waals surface area (Å²) in [5.41, 5.74) is 0.357. The van der Waals surface area contributed by atoms with Crippen LogP contribution in [0.5, 0.6) is 0 Å². The third-order valence-corrected chi connectivity index (χ3v) is 3.13. The van der Waals surface area contributed by atoms with Crippen molar-refractivity contribution in [2.24, 2.45) is 0 Å². The zero-order valence-electron chi connectivity index (χ0n) is 14.0. The summed E-state index contributed by atoms with van der Waals surface area (Å²) in [7, 11) is 0. The maximum atomic E-state index is 12.1. The fourth-order valence-electron chi connectivity index (χ4n) is 2.09. The van der Waals surface area contributed by atoms with Gasteiger partial charge < -0.3 is 10.1 Å². The molecule has 4 heteroatoms. The molecule has 1 rings (SSSR count). The minimum Gasteiger partial charge on any atom is -0.444 e. The third-order valence-electron chi connectivity index (χ3n) is 3.13. The molecule has 0 aliphatic heterocycles. The minimum atomic E-state index is -0.558. The highest BCUT2D eigenvalue weighted by atomic mass is 16.6. The molecule has 22 heavy (non-hydrogen) atoms. The molecule has 1 atom stereocenters. The fourth-order valence-corrected chi connectivity index (χ4v) is 2.09. The lowest BCUT2D eigenvalue weighted by Crippen LogP contribution is -2.35. The second kappa shape index (κ2) is 8.57. The molecule has 1 amide bonds. The van der Waals surface area contributed by atoms with Gasteiger partial charge in [0, 0.05) is 12.8 Å². The molecule has 0 radical (unpaired) electrons. The van der Waals surface area contributed by atoms with E-state index in [0.29, 0.717) is 12.8 Å². The molecule has 0 unspecified atom stereocenters. The number of benzene rings is 1. The van der Waals surface area contributed by atoms with Crippen molar-refractivity contribution in [2.45, 2.75) is 65.0 Å². The second-order valence-electron chi connectivity index (χ2n) is 6.46. The quantitative estimate of drug-likeness (QED) is 0.812. The van der Waals surface area contributed by atoms with Crippen molar-refractivity contribution in [3.05, 3.63) is 35.9 Å². The fraction of sp³-hybridized carbons (Fsp3) is 0.556. The molecule has 0 aliphatic rings. The van der Waals surface area contributed by atoms with Crippen LogP contribution in [0.1, 0.15) is 65.0 Å². The van der Waals surface area contributed by atoms with Crippen LogP contribution in [-0.2, 0) is 9.53 Å². The summed E-state index contributed by atoms with van der Waals surface area (Å²) < 4.78 is 5.29. The van der Waals surface area contributed by atoms with Crippen molar-refractivity contribution < 1.29 is 14.3 Å². The smallest absolute Gasteiger partial charge is 0.408 e. The van der Waals surface area contributed by atoms with Gasteiger partial charge in [0.05, 0.1) is 6.04 Å². The summed E-state index contributed by atoms with van der Waals surface area (Å²) in [6.07, 6.45) is 2.22. The van der Waals surface area contributed by atoms with Gasteiger partial charge in [0.2, 0.25) is 0 Å². The molecule has 122 valence electrons. The molecule has 0 aromatic heterocycles. The molecule has 1 N–H and O–H groups in total. The Balaban J connectivity index is 2.75. The van der Waals surface area contributed by atoms with Crippen LogP contribution in [0.25, 0.3) is 0 Å². The van der Waals surface area contributed by atoms with Gasteiger partial charge in [-0.2, -0.15) is 0 Å². The SMILES string of the molecule is CCCCC(=O)C[C@H](NC(=O)OC(C)(C)C)c1ccccc1. The summed E-state index contributed by atoms with van der Waals surface area (Å²) in [5, 5.41) is 2.82. The first-order valence-corrected chi connectivity index (χ1v) is 7.88. The van der Waals surface area contributed by atoms with Gasteiger partial charge in [-0.25, -0.2) is 4.79 Å². The van der Waals surface area contributed by atoms with Crippen molar-refractivity contribution >= 4 is 11.9 Å². The topological polar surface area (TPSA) is 55.4 Å². The summed E-state index contributed by atoms with van der Waals surface area (Å²) >= 11 is 0. The van der Waals surface area contributed by atoms with Gasteiger partial charge in [0.25, 0.3) is 0 Å². The molecule has 0 saturated carbocycles. The van der Waals surface area contributed by atoms with E-state index in [9.17, 15) is 9.59 Å². The molecule has 4 nitrogen and oxygen atoms in total. The van der Waals surface area contributed by atoms with Crippen LogP contribution in [-0.4, -0.2) is 17.5 Å². The zero-order valence-corrected chi connectivity index (χ0v) is 14.0. The van der Waals surface area contributed by atoms with Crippen LogP contribution in [0.2, 0.25) is 0 Å². The molecule has 0 saturated heterocycles. The summed E-state index contributed by atoms with van der Waals surface area (Å²) in [6, 6.07) is 9.18. The second-order valence-corrected chi connectivity index (χ2v) is 6.46. The van der Waals surface area contributed by atoms with Crippen molar-refractivity contribution in [2.75, 3.05) is 0 Å². The van der Waals surface area contributed by atoms with Gasteiger partial charge in [0.1, 0.15) is 11.4 Å². The van der Waals surface area contributed by atoms with E-state index in [-0.39, 0.29) is 11.8 Å². The number of hydrogen-bond acceptors (Lipinski definition) is 3. The van der Waals surface area contributed by atoms with Crippen LogP contribution in [0.15, 0.2) is 30.3 Å². The standard InChI is InChI=1S/C18H27NO3/c1-5-6-12-15(20)13-16(14-10-8-7-9-11-14)19-17(21)22-18(2,3)4/h7-11,16H,5-6,12-13H2,1-4H3,(H,19,21)/t16-/m0/s1. The number of unbranched alkanes of at least 4 members (excludes halogenated alkanes) is 1. The van der Waals surface area contributed by atoms with Crippen LogP contribution in [0.3, 0.4) is 0 Å². The van der Waals surface area contributed by atoms with Gasteiger partial charge in [-0.15, -0.1) is 0 Å². The van der Waals surface area contributed by atoms with Crippen molar-refractivity contribution in [1.29, 1.82) is 0 Å². The van der Waals surface area contributed by atoms with Crippen LogP contribution in [0, 0.1) is 0 Å². The van der Waals surface area contributed by atoms with Crippen LogP contribution < -0.4 is 5.32 Å². The van der Waals surface area contributed by atoms with E-state index in [0.717, 1.165) is 18.4 Å². The number of ketones is 1. The first-order valence-electron chi connectivity index (χ1n) is 7.88. The number of carbonyl (C=O) groups is 2. The predicted molar refractivity (Wildman–Crippen MR) is 87.7 cm³/mol. The average Bonchev–Trinajstić information content (AvgIpc) is 2.43. The third kappa shape index (κ3) is 7.25. The Labute approximate surface area is 133 Å². The molecule has 0 aliphatic carbocycles. The van der Waals surface area contributed by atoms with Crippen LogP contribution in [0.4, 0.5) is 4.79 Å². The Morgan fingerprint density at radius 3 is 2.36 bits per heavy atom. The van der Waals surface area contributed by atoms with E-state index < -0.39 is 11.7 Å².